The zero-order valence-corrected chi connectivity index (χ0v) is 14.6. The van der Waals surface area contributed by atoms with E-state index in [-0.39, 0.29) is 17.6 Å². The summed E-state index contributed by atoms with van der Waals surface area (Å²) in [5, 5.41) is 8.10. The molecule has 2 unspecified atom stereocenters. The molecule has 1 saturated carbocycles. The minimum atomic E-state index is -0.138. The molecule has 7 heteroatoms. The highest BCUT2D eigenvalue weighted by molar-refractivity contribution is 5.78. The average molecular weight is 351 g/mol. The third kappa shape index (κ3) is 2.59. The predicted octanol–water partition coefficient (Wildman–Crippen LogP) is 2.06. The van der Waals surface area contributed by atoms with Crippen molar-refractivity contribution in [3.8, 4) is 0 Å². The number of rotatable bonds is 4. The van der Waals surface area contributed by atoms with Crippen LogP contribution >= 0.6 is 0 Å². The van der Waals surface area contributed by atoms with Crippen molar-refractivity contribution in [3.05, 3.63) is 52.4 Å². The van der Waals surface area contributed by atoms with E-state index < -0.39 is 0 Å². The summed E-state index contributed by atoms with van der Waals surface area (Å²) in [6.07, 6.45) is 2.32. The van der Waals surface area contributed by atoms with Gasteiger partial charge in [0.2, 0.25) is 5.95 Å². The topological polar surface area (TPSA) is 74.0 Å². The van der Waals surface area contributed by atoms with Crippen molar-refractivity contribution in [3.63, 3.8) is 0 Å². The molecule has 0 bridgehead atoms. The molecule has 5 rings (SSSR count). The van der Waals surface area contributed by atoms with Crippen molar-refractivity contribution < 1.29 is 4.74 Å². The van der Waals surface area contributed by atoms with Gasteiger partial charge in [-0.2, -0.15) is 5.10 Å². The van der Waals surface area contributed by atoms with E-state index in [1.165, 1.54) is 0 Å². The van der Waals surface area contributed by atoms with E-state index in [0.29, 0.717) is 19.1 Å². The smallest absolute Gasteiger partial charge is 0.267 e. The van der Waals surface area contributed by atoms with Gasteiger partial charge in [-0.05, 0) is 31.0 Å². The zero-order valence-electron chi connectivity index (χ0n) is 14.6. The highest BCUT2D eigenvalue weighted by atomic mass is 16.5. The number of aromatic nitrogens is 4. The van der Waals surface area contributed by atoms with Gasteiger partial charge in [0.1, 0.15) is 6.04 Å². The number of nitrogens with one attached hydrogen (secondary N) is 1. The fraction of sp³-hybridized carbons (Fsp3) is 0.421. The van der Waals surface area contributed by atoms with Crippen molar-refractivity contribution in [2.75, 3.05) is 18.5 Å². The summed E-state index contributed by atoms with van der Waals surface area (Å²) in [7, 11) is 1.99. The maximum absolute atomic E-state index is 12.4. The number of nitrogens with zero attached hydrogens (tertiary/aromatic N) is 4. The minimum absolute atomic E-state index is 0.0508. The predicted molar refractivity (Wildman–Crippen MR) is 98.5 cm³/mol. The van der Waals surface area contributed by atoms with E-state index in [9.17, 15) is 4.79 Å². The Morgan fingerprint density at radius 1 is 1.15 bits per heavy atom. The zero-order chi connectivity index (χ0) is 17.7. The molecule has 1 N–H and O–H groups in total. The molecule has 3 aromatic rings. The van der Waals surface area contributed by atoms with Crippen LogP contribution in [0.15, 0.2) is 41.2 Å². The van der Waals surface area contributed by atoms with Gasteiger partial charge in [-0.3, -0.25) is 4.79 Å². The number of aryl methyl sites for hydroxylation is 1. The molecule has 2 atom stereocenters. The van der Waals surface area contributed by atoms with Crippen LogP contribution < -0.4 is 10.9 Å². The lowest BCUT2D eigenvalue weighted by Gasteiger charge is -2.21. The van der Waals surface area contributed by atoms with Crippen LogP contribution in [0.25, 0.3) is 11.0 Å². The van der Waals surface area contributed by atoms with Crippen molar-refractivity contribution in [1.29, 1.82) is 0 Å². The summed E-state index contributed by atoms with van der Waals surface area (Å²) in [4.78, 5) is 17.1. The molecule has 1 aliphatic carbocycles. The Morgan fingerprint density at radius 3 is 2.81 bits per heavy atom. The number of imidazole rings is 1. The number of fused-ring (bicyclic) bond motifs is 1. The van der Waals surface area contributed by atoms with Crippen molar-refractivity contribution in [1.82, 2.24) is 19.3 Å². The average Bonchev–Trinajstić information content (AvgIpc) is 3.33. The molecule has 0 spiro atoms. The lowest BCUT2D eigenvalue weighted by Crippen LogP contribution is -2.38. The Hall–Kier alpha value is -2.67. The van der Waals surface area contributed by atoms with Gasteiger partial charge in [-0.25, -0.2) is 9.67 Å². The van der Waals surface area contributed by atoms with Gasteiger partial charge in [0.05, 0.1) is 36.0 Å². The lowest BCUT2D eigenvalue weighted by molar-refractivity contribution is 0.182. The maximum Gasteiger partial charge on any atom is 0.267 e. The van der Waals surface area contributed by atoms with E-state index >= 15 is 0 Å². The number of hydrogen-bond acceptors (Lipinski definition) is 5. The Bertz CT molecular complexity index is 1020. The summed E-state index contributed by atoms with van der Waals surface area (Å²) in [6, 6.07) is 11.3. The molecule has 3 heterocycles. The molecule has 1 saturated heterocycles. The molecule has 1 aliphatic heterocycles. The van der Waals surface area contributed by atoms with Gasteiger partial charge in [0, 0.05) is 19.0 Å². The third-order valence-electron chi connectivity index (χ3n) is 5.31. The SMILES string of the molecule is Cn1c(NC2COCC2n2nc(C3CC3)ccc2=O)nc2ccccc21. The van der Waals surface area contributed by atoms with E-state index in [1.54, 1.807) is 10.7 Å². The quantitative estimate of drug-likeness (QED) is 0.779. The van der Waals surface area contributed by atoms with Crippen LogP contribution in [0.5, 0.6) is 0 Å². The van der Waals surface area contributed by atoms with Crippen LogP contribution in [0.2, 0.25) is 0 Å². The largest absolute Gasteiger partial charge is 0.377 e. The first-order chi connectivity index (χ1) is 12.7. The van der Waals surface area contributed by atoms with Crippen LogP contribution in [0.1, 0.15) is 30.5 Å². The Labute approximate surface area is 150 Å². The molecule has 0 radical (unpaired) electrons. The van der Waals surface area contributed by atoms with Crippen molar-refractivity contribution >= 4 is 17.0 Å². The summed E-state index contributed by atoms with van der Waals surface area (Å²) < 4.78 is 9.31. The summed E-state index contributed by atoms with van der Waals surface area (Å²) in [5.41, 5.74) is 2.94. The summed E-state index contributed by atoms with van der Waals surface area (Å²) in [5.74, 6) is 1.29. The molecule has 0 amide bonds. The van der Waals surface area contributed by atoms with Crippen molar-refractivity contribution in [2.45, 2.75) is 30.8 Å². The second-order valence-electron chi connectivity index (χ2n) is 7.15. The van der Waals surface area contributed by atoms with Gasteiger partial charge in [0.25, 0.3) is 5.56 Å². The van der Waals surface area contributed by atoms with E-state index in [2.05, 4.69) is 15.4 Å². The second kappa shape index (κ2) is 5.95. The first-order valence-electron chi connectivity index (χ1n) is 9.06. The minimum Gasteiger partial charge on any atom is -0.377 e. The second-order valence-corrected chi connectivity index (χ2v) is 7.15. The van der Waals surface area contributed by atoms with Crippen LogP contribution in [-0.4, -0.2) is 38.6 Å². The standard InChI is InChI=1S/C19H21N5O2/c1-23-16-5-3-2-4-14(16)20-19(23)21-15-10-26-11-17(15)24-18(25)9-8-13(22-24)12-6-7-12/h2-5,8-9,12,15,17H,6-7,10-11H2,1H3,(H,20,21). The monoisotopic (exact) mass is 351 g/mol. The summed E-state index contributed by atoms with van der Waals surface area (Å²) in [6.45, 7) is 0.998. The van der Waals surface area contributed by atoms with E-state index in [4.69, 9.17) is 4.74 Å². The first-order valence-corrected chi connectivity index (χ1v) is 9.06. The molecule has 134 valence electrons. The highest BCUT2D eigenvalue weighted by Gasteiger charge is 2.33. The number of benzene rings is 1. The van der Waals surface area contributed by atoms with Crippen LogP contribution in [0.3, 0.4) is 0 Å². The molecule has 2 fully saturated rings. The molecular formula is C19H21N5O2. The number of hydrogen-bond donors (Lipinski definition) is 1. The van der Waals surface area contributed by atoms with Gasteiger partial charge in [-0.1, -0.05) is 12.1 Å². The van der Waals surface area contributed by atoms with E-state index in [1.807, 2.05) is 41.9 Å². The molecule has 1 aromatic carbocycles. The lowest BCUT2D eigenvalue weighted by atomic mass is 10.1. The maximum atomic E-state index is 12.4. The van der Waals surface area contributed by atoms with E-state index in [0.717, 1.165) is 35.5 Å². The molecule has 2 aliphatic rings. The van der Waals surface area contributed by atoms with Crippen LogP contribution in [0.4, 0.5) is 5.95 Å². The third-order valence-corrected chi connectivity index (χ3v) is 5.31. The Morgan fingerprint density at radius 2 is 2.00 bits per heavy atom. The molecule has 2 aromatic heterocycles. The molecule has 26 heavy (non-hydrogen) atoms. The van der Waals surface area contributed by atoms with Gasteiger partial charge in [0.15, 0.2) is 0 Å². The number of para-hydroxylation sites is 2. The van der Waals surface area contributed by atoms with Gasteiger partial charge >= 0.3 is 0 Å². The first kappa shape index (κ1) is 15.6. The number of anilines is 1. The van der Waals surface area contributed by atoms with Gasteiger partial charge < -0.3 is 14.6 Å². The molecular weight excluding hydrogens is 330 g/mol. The molecule has 7 nitrogen and oxygen atoms in total. The van der Waals surface area contributed by atoms with Crippen molar-refractivity contribution in [2.24, 2.45) is 7.05 Å². The normalized spacial score (nSPS) is 22.8. The fourth-order valence-electron chi connectivity index (χ4n) is 3.64. The van der Waals surface area contributed by atoms with Crippen LogP contribution in [0, 0.1) is 0 Å². The number of ether oxygens (including phenoxy) is 1. The van der Waals surface area contributed by atoms with Crippen LogP contribution in [-0.2, 0) is 11.8 Å². The summed E-state index contributed by atoms with van der Waals surface area (Å²) >= 11 is 0. The van der Waals surface area contributed by atoms with Gasteiger partial charge in [-0.15, -0.1) is 0 Å². The fourth-order valence-corrected chi connectivity index (χ4v) is 3.64. The Kier molecular flexibility index (Phi) is 3.56. The Balaban J connectivity index is 1.46. The highest BCUT2D eigenvalue weighted by Crippen LogP contribution is 2.38.